The van der Waals surface area contributed by atoms with Gasteiger partial charge in [0.1, 0.15) is 0 Å². The van der Waals surface area contributed by atoms with Gasteiger partial charge < -0.3 is 10.2 Å². The predicted octanol–water partition coefficient (Wildman–Crippen LogP) is 2.94. The topological polar surface area (TPSA) is 62.3 Å². The zero-order valence-corrected chi connectivity index (χ0v) is 13.8. The fourth-order valence-electron chi connectivity index (χ4n) is 2.75. The minimum atomic E-state index is -0.179. The summed E-state index contributed by atoms with van der Waals surface area (Å²) < 4.78 is 0. The van der Waals surface area contributed by atoms with Crippen LogP contribution in [0.5, 0.6) is 0 Å². The van der Waals surface area contributed by atoms with Crippen molar-refractivity contribution in [2.24, 2.45) is 5.92 Å². The molecule has 1 aromatic heterocycles. The summed E-state index contributed by atoms with van der Waals surface area (Å²) >= 11 is 1.40. The van der Waals surface area contributed by atoms with Crippen molar-refractivity contribution in [2.75, 3.05) is 18.4 Å². The number of nitrogens with zero attached hydrogens (tertiary/aromatic N) is 2. The SMILES string of the molecule is Cc1ccc(C(=O)N2CCCC(C(=O)Nc3nccs3)C2)cc1. The van der Waals surface area contributed by atoms with Crippen LogP contribution in [0, 0.1) is 12.8 Å². The lowest BCUT2D eigenvalue weighted by Gasteiger charge is -2.32. The fourth-order valence-corrected chi connectivity index (χ4v) is 3.28. The van der Waals surface area contributed by atoms with Crippen LogP contribution in [0.15, 0.2) is 35.8 Å². The molecule has 1 atom stereocenters. The van der Waals surface area contributed by atoms with Gasteiger partial charge in [-0.05, 0) is 31.9 Å². The molecular formula is C17H19N3O2S. The summed E-state index contributed by atoms with van der Waals surface area (Å²) in [5.41, 5.74) is 1.80. The second kappa shape index (κ2) is 6.91. The summed E-state index contributed by atoms with van der Waals surface area (Å²) in [5, 5.41) is 5.26. The van der Waals surface area contributed by atoms with E-state index in [4.69, 9.17) is 0 Å². The van der Waals surface area contributed by atoms with Crippen molar-refractivity contribution in [3.8, 4) is 0 Å². The van der Waals surface area contributed by atoms with E-state index in [9.17, 15) is 9.59 Å². The van der Waals surface area contributed by atoms with Gasteiger partial charge in [0.2, 0.25) is 5.91 Å². The van der Waals surface area contributed by atoms with Crippen LogP contribution in [0.25, 0.3) is 0 Å². The molecule has 1 saturated heterocycles. The first kappa shape index (κ1) is 15.7. The van der Waals surface area contributed by atoms with Gasteiger partial charge in [-0.3, -0.25) is 9.59 Å². The standard InChI is InChI=1S/C17H19N3O2S/c1-12-4-6-13(7-5-12)16(22)20-9-2-3-14(11-20)15(21)19-17-18-8-10-23-17/h4-8,10,14H,2-3,9,11H2,1H3,(H,18,19,21). The first-order chi connectivity index (χ1) is 11.1. The molecule has 0 radical (unpaired) electrons. The van der Waals surface area contributed by atoms with E-state index in [0.29, 0.717) is 23.8 Å². The molecule has 0 aliphatic carbocycles. The van der Waals surface area contributed by atoms with Gasteiger partial charge in [0.25, 0.3) is 5.91 Å². The maximum absolute atomic E-state index is 12.6. The van der Waals surface area contributed by atoms with Crippen LogP contribution in [-0.4, -0.2) is 34.8 Å². The number of carbonyl (C=O) groups excluding carboxylic acids is 2. The van der Waals surface area contributed by atoms with E-state index in [1.165, 1.54) is 11.3 Å². The molecule has 0 bridgehead atoms. The summed E-state index contributed by atoms with van der Waals surface area (Å²) in [5.74, 6) is -0.236. The number of aryl methyl sites for hydroxylation is 1. The van der Waals surface area contributed by atoms with Gasteiger partial charge in [-0.1, -0.05) is 17.7 Å². The Labute approximate surface area is 139 Å². The Hall–Kier alpha value is -2.21. The number of carbonyl (C=O) groups is 2. The first-order valence-electron chi connectivity index (χ1n) is 7.70. The average Bonchev–Trinajstić information content (AvgIpc) is 3.08. The van der Waals surface area contributed by atoms with Crippen LogP contribution in [0.3, 0.4) is 0 Å². The van der Waals surface area contributed by atoms with E-state index in [1.807, 2.05) is 36.6 Å². The summed E-state index contributed by atoms with van der Waals surface area (Å²) in [7, 11) is 0. The van der Waals surface area contributed by atoms with Crippen LogP contribution in [0.4, 0.5) is 5.13 Å². The summed E-state index contributed by atoms with van der Waals surface area (Å²) in [6.07, 6.45) is 3.30. The van der Waals surface area contributed by atoms with Crippen LogP contribution >= 0.6 is 11.3 Å². The van der Waals surface area contributed by atoms with Crippen molar-refractivity contribution in [1.82, 2.24) is 9.88 Å². The van der Waals surface area contributed by atoms with Gasteiger partial charge in [0.15, 0.2) is 5.13 Å². The molecule has 23 heavy (non-hydrogen) atoms. The molecule has 1 aliphatic heterocycles. The van der Waals surface area contributed by atoms with Gasteiger partial charge in [0.05, 0.1) is 5.92 Å². The number of piperidine rings is 1. The first-order valence-corrected chi connectivity index (χ1v) is 8.58. The molecule has 120 valence electrons. The lowest BCUT2D eigenvalue weighted by molar-refractivity contribution is -0.121. The van der Waals surface area contributed by atoms with Crippen molar-refractivity contribution in [3.05, 3.63) is 47.0 Å². The van der Waals surface area contributed by atoms with Gasteiger partial charge in [-0.25, -0.2) is 4.98 Å². The van der Waals surface area contributed by atoms with Crippen LogP contribution in [0.1, 0.15) is 28.8 Å². The molecule has 1 N–H and O–H groups in total. The Bertz CT molecular complexity index is 682. The van der Waals surface area contributed by atoms with Gasteiger partial charge in [-0.2, -0.15) is 0 Å². The quantitative estimate of drug-likeness (QED) is 0.942. The van der Waals surface area contributed by atoms with Crippen molar-refractivity contribution in [2.45, 2.75) is 19.8 Å². The minimum Gasteiger partial charge on any atom is -0.338 e. The van der Waals surface area contributed by atoms with E-state index in [2.05, 4.69) is 10.3 Å². The van der Waals surface area contributed by atoms with Crippen molar-refractivity contribution in [1.29, 1.82) is 0 Å². The number of nitrogens with one attached hydrogen (secondary N) is 1. The number of amides is 2. The molecule has 5 nitrogen and oxygen atoms in total. The van der Waals surface area contributed by atoms with E-state index in [-0.39, 0.29) is 17.7 Å². The maximum atomic E-state index is 12.6. The molecule has 2 heterocycles. The Kier molecular flexibility index (Phi) is 4.71. The molecule has 0 saturated carbocycles. The smallest absolute Gasteiger partial charge is 0.253 e. The highest BCUT2D eigenvalue weighted by molar-refractivity contribution is 7.13. The number of benzene rings is 1. The van der Waals surface area contributed by atoms with E-state index in [1.54, 1.807) is 11.1 Å². The summed E-state index contributed by atoms with van der Waals surface area (Å²) in [4.78, 5) is 30.8. The zero-order chi connectivity index (χ0) is 16.2. The predicted molar refractivity (Wildman–Crippen MR) is 90.6 cm³/mol. The van der Waals surface area contributed by atoms with Crippen LogP contribution in [-0.2, 0) is 4.79 Å². The van der Waals surface area contributed by atoms with Crippen LogP contribution in [0.2, 0.25) is 0 Å². The maximum Gasteiger partial charge on any atom is 0.253 e. The lowest BCUT2D eigenvalue weighted by Crippen LogP contribution is -2.43. The monoisotopic (exact) mass is 329 g/mol. The van der Waals surface area contributed by atoms with Crippen LogP contribution < -0.4 is 5.32 Å². The Morgan fingerprint density at radius 3 is 2.78 bits per heavy atom. The van der Waals surface area contributed by atoms with Gasteiger partial charge in [0, 0.05) is 30.2 Å². The number of rotatable bonds is 3. The highest BCUT2D eigenvalue weighted by Gasteiger charge is 2.29. The third-order valence-corrected chi connectivity index (χ3v) is 4.73. The van der Waals surface area contributed by atoms with Crippen molar-refractivity contribution >= 4 is 28.3 Å². The van der Waals surface area contributed by atoms with Crippen molar-refractivity contribution < 1.29 is 9.59 Å². The summed E-state index contributed by atoms with van der Waals surface area (Å²) in [6.45, 7) is 3.16. The largest absolute Gasteiger partial charge is 0.338 e. The molecule has 1 aliphatic rings. The number of hydrogen-bond acceptors (Lipinski definition) is 4. The molecule has 1 fully saturated rings. The Morgan fingerprint density at radius 1 is 1.30 bits per heavy atom. The zero-order valence-electron chi connectivity index (χ0n) is 13.0. The average molecular weight is 329 g/mol. The molecule has 2 amide bonds. The number of thiazole rings is 1. The number of likely N-dealkylation sites (tertiary alicyclic amines) is 1. The third-order valence-electron chi connectivity index (χ3n) is 4.04. The van der Waals surface area contributed by atoms with E-state index < -0.39 is 0 Å². The molecule has 1 aromatic carbocycles. The minimum absolute atomic E-state index is 0.00301. The van der Waals surface area contributed by atoms with E-state index in [0.717, 1.165) is 18.4 Å². The second-order valence-electron chi connectivity index (χ2n) is 5.78. The number of aromatic nitrogens is 1. The van der Waals surface area contributed by atoms with Crippen molar-refractivity contribution in [3.63, 3.8) is 0 Å². The highest BCUT2D eigenvalue weighted by Crippen LogP contribution is 2.21. The highest BCUT2D eigenvalue weighted by atomic mass is 32.1. The third kappa shape index (κ3) is 3.76. The molecule has 0 spiro atoms. The molecule has 2 aromatic rings. The Balaban J connectivity index is 1.64. The lowest BCUT2D eigenvalue weighted by atomic mass is 9.96. The molecule has 6 heteroatoms. The van der Waals surface area contributed by atoms with Gasteiger partial charge >= 0.3 is 0 Å². The van der Waals surface area contributed by atoms with E-state index >= 15 is 0 Å². The normalized spacial score (nSPS) is 17.8. The molecule has 3 rings (SSSR count). The number of anilines is 1. The second-order valence-corrected chi connectivity index (χ2v) is 6.68. The Morgan fingerprint density at radius 2 is 2.09 bits per heavy atom. The molecular weight excluding hydrogens is 310 g/mol. The number of hydrogen-bond donors (Lipinski definition) is 1. The van der Waals surface area contributed by atoms with Gasteiger partial charge in [-0.15, -0.1) is 11.3 Å². The summed E-state index contributed by atoms with van der Waals surface area (Å²) in [6, 6.07) is 7.56. The molecule has 1 unspecified atom stereocenters. The fraction of sp³-hybridized carbons (Fsp3) is 0.353.